The highest BCUT2D eigenvalue weighted by Gasteiger charge is 2.39. The first-order valence-electron chi connectivity index (χ1n) is 4.31. The first kappa shape index (κ1) is 13.5. The molecule has 94 valence electrons. The van der Waals surface area contributed by atoms with E-state index >= 15 is 0 Å². The van der Waals surface area contributed by atoms with Crippen molar-refractivity contribution < 1.29 is 31.1 Å². The number of halogens is 6. The van der Waals surface area contributed by atoms with Crippen LogP contribution in [0.5, 0.6) is 0 Å². The van der Waals surface area contributed by atoms with Gasteiger partial charge in [-0.1, -0.05) is 0 Å². The molecule has 0 saturated heterocycles. The van der Waals surface area contributed by atoms with Gasteiger partial charge in [-0.3, -0.25) is 4.79 Å². The molecular weight excluding hydrogens is 250 g/mol. The third kappa shape index (κ3) is 2.78. The Bertz CT molecular complexity index is 443. The summed E-state index contributed by atoms with van der Waals surface area (Å²) in [6.45, 7) is 0.996. The van der Waals surface area contributed by atoms with Crippen molar-refractivity contribution in [3.8, 4) is 0 Å². The molecule has 0 aliphatic carbocycles. The fourth-order valence-corrected chi connectivity index (χ4v) is 1.38. The number of aryl methyl sites for hydroxylation is 1. The number of alkyl halides is 6. The van der Waals surface area contributed by atoms with Crippen LogP contribution in [-0.2, 0) is 12.4 Å². The minimum Gasteiger partial charge on any atom is -0.298 e. The molecule has 1 rings (SSSR count). The van der Waals surface area contributed by atoms with Gasteiger partial charge in [-0.2, -0.15) is 26.3 Å². The second kappa shape index (κ2) is 4.05. The Hall–Kier alpha value is -1.53. The van der Waals surface area contributed by atoms with Crippen molar-refractivity contribution in [2.24, 2.45) is 0 Å². The molecule has 1 aromatic rings. The monoisotopic (exact) mass is 256 g/mol. The highest BCUT2D eigenvalue weighted by atomic mass is 19.4. The molecule has 7 heteroatoms. The van der Waals surface area contributed by atoms with Crippen LogP contribution in [0.4, 0.5) is 26.3 Å². The molecule has 0 amide bonds. The third-order valence-electron chi connectivity index (χ3n) is 2.13. The van der Waals surface area contributed by atoms with Crippen LogP contribution in [0.25, 0.3) is 0 Å². The summed E-state index contributed by atoms with van der Waals surface area (Å²) in [4.78, 5) is 10.4. The molecule has 0 atom stereocenters. The van der Waals surface area contributed by atoms with Crippen molar-refractivity contribution in [3.05, 3.63) is 34.4 Å². The molecule has 0 aliphatic heterocycles. The van der Waals surface area contributed by atoms with E-state index in [-0.39, 0.29) is 12.4 Å². The third-order valence-corrected chi connectivity index (χ3v) is 2.13. The summed E-state index contributed by atoms with van der Waals surface area (Å²) in [5, 5.41) is 0. The van der Waals surface area contributed by atoms with Crippen LogP contribution in [0, 0.1) is 6.92 Å². The lowest BCUT2D eigenvalue weighted by Crippen LogP contribution is -2.14. The zero-order chi connectivity index (χ0) is 13.4. The second-order valence-corrected chi connectivity index (χ2v) is 3.37. The zero-order valence-electron chi connectivity index (χ0n) is 8.41. The molecule has 17 heavy (non-hydrogen) atoms. The topological polar surface area (TPSA) is 17.1 Å². The van der Waals surface area contributed by atoms with Crippen LogP contribution >= 0.6 is 0 Å². The second-order valence-electron chi connectivity index (χ2n) is 3.37. The smallest absolute Gasteiger partial charge is 0.298 e. The standard InChI is InChI=1S/C10H6F6O/c1-5-2-6(4-17)8(10(14,15)16)3-7(5)9(11,12)13/h2-4H,1H3. The normalized spacial score (nSPS) is 12.6. The highest BCUT2D eigenvalue weighted by molar-refractivity contribution is 5.78. The van der Waals surface area contributed by atoms with Crippen LogP contribution in [0.1, 0.15) is 27.0 Å². The number of carbonyl (C=O) groups excluding carboxylic acids is 1. The molecule has 0 aliphatic rings. The maximum atomic E-state index is 12.4. The summed E-state index contributed by atoms with van der Waals surface area (Å²) in [5.74, 6) is 0. The molecule has 0 heterocycles. The van der Waals surface area contributed by atoms with Crippen molar-refractivity contribution in [2.45, 2.75) is 19.3 Å². The Kier molecular flexibility index (Phi) is 3.22. The van der Waals surface area contributed by atoms with E-state index in [4.69, 9.17) is 0 Å². The average Bonchev–Trinajstić information content (AvgIpc) is 2.13. The van der Waals surface area contributed by atoms with Crippen LogP contribution in [-0.4, -0.2) is 6.29 Å². The van der Waals surface area contributed by atoms with Gasteiger partial charge >= 0.3 is 12.4 Å². The van der Waals surface area contributed by atoms with E-state index in [0.29, 0.717) is 6.07 Å². The minimum absolute atomic E-state index is 0.0426. The van der Waals surface area contributed by atoms with Gasteiger partial charge in [0.15, 0.2) is 6.29 Å². The van der Waals surface area contributed by atoms with Crippen LogP contribution in [0.3, 0.4) is 0 Å². The van der Waals surface area contributed by atoms with E-state index in [2.05, 4.69) is 0 Å². The first-order valence-corrected chi connectivity index (χ1v) is 4.31. The lowest BCUT2D eigenvalue weighted by atomic mass is 9.99. The lowest BCUT2D eigenvalue weighted by molar-refractivity contribution is -0.143. The van der Waals surface area contributed by atoms with E-state index < -0.39 is 34.6 Å². The molecule has 0 spiro atoms. The number of hydrogen-bond donors (Lipinski definition) is 0. The van der Waals surface area contributed by atoms with E-state index in [1.807, 2.05) is 0 Å². The number of benzene rings is 1. The number of hydrogen-bond acceptors (Lipinski definition) is 1. The molecule has 0 N–H and O–H groups in total. The van der Waals surface area contributed by atoms with Gasteiger partial charge in [0.2, 0.25) is 0 Å². The first-order chi connectivity index (χ1) is 7.57. The van der Waals surface area contributed by atoms with Crippen molar-refractivity contribution in [1.82, 2.24) is 0 Å². The van der Waals surface area contributed by atoms with Gasteiger partial charge in [-0.15, -0.1) is 0 Å². The fraction of sp³-hybridized carbons (Fsp3) is 0.300. The van der Waals surface area contributed by atoms with Crippen molar-refractivity contribution >= 4 is 6.29 Å². The van der Waals surface area contributed by atoms with Crippen molar-refractivity contribution in [3.63, 3.8) is 0 Å². The number of carbonyl (C=O) groups is 1. The van der Waals surface area contributed by atoms with E-state index in [0.717, 1.165) is 6.92 Å². The van der Waals surface area contributed by atoms with Crippen LogP contribution < -0.4 is 0 Å². The molecule has 1 nitrogen and oxygen atoms in total. The molecule has 0 unspecified atom stereocenters. The molecule has 1 aromatic carbocycles. The summed E-state index contributed by atoms with van der Waals surface area (Å²) in [7, 11) is 0. The lowest BCUT2D eigenvalue weighted by Gasteiger charge is -2.15. The van der Waals surface area contributed by atoms with E-state index in [1.54, 1.807) is 0 Å². The summed E-state index contributed by atoms with van der Waals surface area (Å²) in [6, 6.07) is 0.539. The van der Waals surface area contributed by atoms with Gasteiger partial charge in [0.1, 0.15) is 0 Å². The molecule has 0 bridgehead atoms. The quantitative estimate of drug-likeness (QED) is 0.551. The van der Waals surface area contributed by atoms with E-state index in [1.165, 1.54) is 0 Å². The largest absolute Gasteiger partial charge is 0.417 e. The molecular formula is C10H6F6O. The molecule has 0 fully saturated rings. The summed E-state index contributed by atoms with van der Waals surface area (Å²) in [6.07, 6.45) is -9.99. The maximum absolute atomic E-state index is 12.4. The molecule has 0 aromatic heterocycles. The predicted octanol–water partition coefficient (Wildman–Crippen LogP) is 3.85. The summed E-state index contributed by atoms with van der Waals surface area (Å²) >= 11 is 0. The Labute approximate surface area is 92.0 Å². The Morgan fingerprint density at radius 2 is 1.41 bits per heavy atom. The van der Waals surface area contributed by atoms with Crippen LogP contribution in [0.2, 0.25) is 0 Å². The van der Waals surface area contributed by atoms with Gasteiger partial charge in [0.25, 0.3) is 0 Å². The highest BCUT2D eigenvalue weighted by Crippen LogP contribution is 2.38. The molecule has 0 radical (unpaired) electrons. The Balaban J connectivity index is 3.55. The van der Waals surface area contributed by atoms with E-state index in [9.17, 15) is 31.1 Å². The minimum atomic E-state index is -5.00. The summed E-state index contributed by atoms with van der Waals surface area (Å²) in [5.41, 5.74) is -4.20. The Morgan fingerprint density at radius 1 is 0.941 bits per heavy atom. The number of rotatable bonds is 1. The molecule has 0 saturated carbocycles. The fourth-order valence-electron chi connectivity index (χ4n) is 1.38. The van der Waals surface area contributed by atoms with Gasteiger partial charge in [-0.05, 0) is 24.6 Å². The van der Waals surface area contributed by atoms with Gasteiger partial charge in [0.05, 0.1) is 11.1 Å². The SMILES string of the molecule is Cc1cc(C=O)c(C(F)(F)F)cc1C(F)(F)F. The average molecular weight is 256 g/mol. The van der Waals surface area contributed by atoms with Crippen molar-refractivity contribution in [1.29, 1.82) is 0 Å². The predicted molar refractivity (Wildman–Crippen MR) is 46.6 cm³/mol. The maximum Gasteiger partial charge on any atom is 0.417 e. The van der Waals surface area contributed by atoms with Gasteiger partial charge in [0, 0.05) is 5.56 Å². The van der Waals surface area contributed by atoms with Gasteiger partial charge in [-0.25, -0.2) is 0 Å². The van der Waals surface area contributed by atoms with Gasteiger partial charge < -0.3 is 0 Å². The van der Waals surface area contributed by atoms with Crippen LogP contribution in [0.15, 0.2) is 12.1 Å². The number of aldehydes is 1. The Morgan fingerprint density at radius 3 is 1.76 bits per heavy atom. The zero-order valence-corrected chi connectivity index (χ0v) is 8.41. The summed E-state index contributed by atoms with van der Waals surface area (Å²) < 4.78 is 74.4. The van der Waals surface area contributed by atoms with Crippen molar-refractivity contribution in [2.75, 3.05) is 0 Å².